The summed E-state index contributed by atoms with van der Waals surface area (Å²) in [6.45, 7) is 8.66. The van der Waals surface area contributed by atoms with Crippen LogP contribution < -0.4 is 0 Å². The maximum atomic E-state index is 10.6. The van der Waals surface area contributed by atoms with E-state index in [1.54, 1.807) is 0 Å². The lowest BCUT2D eigenvalue weighted by atomic mass is 9.95. The van der Waals surface area contributed by atoms with Crippen molar-refractivity contribution in [1.82, 2.24) is 0 Å². The largest absolute Gasteiger partial charge is 0.481 e. The first-order valence-corrected chi connectivity index (χ1v) is 6.91. The van der Waals surface area contributed by atoms with Crippen LogP contribution in [-0.4, -0.2) is 11.1 Å². The van der Waals surface area contributed by atoms with Gasteiger partial charge in [-0.3, -0.25) is 4.79 Å². The zero-order valence-electron chi connectivity index (χ0n) is 11.1. The van der Waals surface area contributed by atoms with E-state index in [0.717, 1.165) is 12.8 Å². The van der Waals surface area contributed by atoms with Gasteiger partial charge in [0.15, 0.2) is 0 Å². The van der Waals surface area contributed by atoms with Crippen molar-refractivity contribution in [2.45, 2.75) is 52.4 Å². The number of aryl methyl sites for hydroxylation is 1. The molecule has 1 unspecified atom stereocenters. The van der Waals surface area contributed by atoms with Crippen molar-refractivity contribution in [1.29, 1.82) is 0 Å². The molecule has 0 aliphatic rings. The summed E-state index contributed by atoms with van der Waals surface area (Å²) in [5.74, 6) is -0.438. The van der Waals surface area contributed by atoms with E-state index in [0.29, 0.717) is 0 Å². The van der Waals surface area contributed by atoms with Crippen LogP contribution in [0.3, 0.4) is 0 Å². The van der Waals surface area contributed by atoms with Gasteiger partial charge in [-0.2, -0.15) is 0 Å². The molecule has 96 valence electrons. The quantitative estimate of drug-likeness (QED) is 0.859. The molecule has 0 aromatic carbocycles. The number of aliphatic carboxylic acids is 1. The van der Waals surface area contributed by atoms with Crippen LogP contribution in [0.5, 0.6) is 0 Å². The molecular weight excluding hydrogens is 232 g/mol. The second kappa shape index (κ2) is 5.67. The second-order valence-corrected chi connectivity index (χ2v) is 6.93. The van der Waals surface area contributed by atoms with Gasteiger partial charge in [0, 0.05) is 16.2 Å². The summed E-state index contributed by atoms with van der Waals surface area (Å²) in [5, 5.41) is 8.69. The van der Waals surface area contributed by atoms with Gasteiger partial charge in [-0.15, -0.1) is 11.3 Å². The summed E-state index contributed by atoms with van der Waals surface area (Å²) < 4.78 is 0. The number of carboxylic acid groups (broad SMARTS) is 1. The third kappa shape index (κ3) is 4.90. The average molecular weight is 254 g/mol. The molecule has 0 radical (unpaired) electrons. The van der Waals surface area contributed by atoms with E-state index in [2.05, 4.69) is 32.9 Å². The van der Waals surface area contributed by atoms with Crippen LogP contribution in [0.15, 0.2) is 12.1 Å². The molecule has 3 heteroatoms. The topological polar surface area (TPSA) is 37.3 Å². The fourth-order valence-corrected chi connectivity index (χ4v) is 2.78. The van der Waals surface area contributed by atoms with Crippen LogP contribution in [0.1, 0.15) is 50.3 Å². The highest BCUT2D eigenvalue weighted by molar-refractivity contribution is 7.12. The number of thiophene rings is 1. The van der Waals surface area contributed by atoms with Gasteiger partial charge in [0.25, 0.3) is 0 Å². The lowest BCUT2D eigenvalue weighted by molar-refractivity contribution is -0.138. The van der Waals surface area contributed by atoms with Crippen molar-refractivity contribution >= 4 is 17.3 Å². The fourth-order valence-electron chi connectivity index (χ4n) is 1.70. The van der Waals surface area contributed by atoms with Crippen LogP contribution in [0.4, 0.5) is 0 Å². The minimum Gasteiger partial charge on any atom is -0.481 e. The second-order valence-electron chi connectivity index (χ2n) is 5.76. The molecule has 0 aliphatic carbocycles. The highest BCUT2D eigenvalue weighted by atomic mass is 32.1. The predicted molar refractivity (Wildman–Crippen MR) is 72.8 cm³/mol. The van der Waals surface area contributed by atoms with Crippen molar-refractivity contribution in [2.24, 2.45) is 5.92 Å². The lowest BCUT2D eigenvalue weighted by Gasteiger charge is -2.15. The average Bonchev–Trinajstić information content (AvgIpc) is 2.61. The molecule has 1 heterocycles. The van der Waals surface area contributed by atoms with Crippen LogP contribution in [0, 0.1) is 5.92 Å². The molecule has 1 rings (SSSR count). The number of carbonyl (C=O) groups is 1. The van der Waals surface area contributed by atoms with Gasteiger partial charge >= 0.3 is 5.97 Å². The standard InChI is InChI=1S/C14H22O2S/c1-10(9-13(15)16)5-6-11-7-8-12(17-11)14(2,3)4/h7-8,10H,5-6,9H2,1-4H3,(H,15,16). The van der Waals surface area contributed by atoms with E-state index in [1.807, 2.05) is 18.3 Å². The van der Waals surface area contributed by atoms with Crippen molar-refractivity contribution in [3.05, 3.63) is 21.9 Å². The predicted octanol–water partition coefficient (Wildman–Crippen LogP) is 4.09. The molecule has 0 spiro atoms. The molecule has 0 aliphatic heterocycles. The Hall–Kier alpha value is -0.830. The third-order valence-electron chi connectivity index (χ3n) is 2.81. The van der Waals surface area contributed by atoms with Crippen LogP contribution >= 0.6 is 11.3 Å². The highest BCUT2D eigenvalue weighted by Gasteiger charge is 2.16. The molecule has 1 N–H and O–H groups in total. The lowest BCUT2D eigenvalue weighted by Crippen LogP contribution is -2.07. The Kier molecular flexibility index (Phi) is 4.75. The highest BCUT2D eigenvalue weighted by Crippen LogP contribution is 2.30. The first-order chi connectivity index (χ1) is 7.79. The maximum Gasteiger partial charge on any atom is 0.303 e. The Morgan fingerprint density at radius 1 is 1.41 bits per heavy atom. The van der Waals surface area contributed by atoms with Gasteiger partial charge in [-0.05, 0) is 36.3 Å². The Labute approximate surface area is 108 Å². The van der Waals surface area contributed by atoms with E-state index in [4.69, 9.17) is 5.11 Å². The Morgan fingerprint density at radius 3 is 2.53 bits per heavy atom. The van der Waals surface area contributed by atoms with Gasteiger partial charge in [-0.25, -0.2) is 0 Å². The summed E-state index contributed by atoms with van der Waals surface area (Å²) in [6, 6.07) is 4.38. The van der Waals surface area contributed by atoms with E-state index >= 15 is 0 Å². The van der Waals surface area contributed by atoms with Crippen LogP contribution in [0.25, 0.3) is 0 Å². The summed E-state index contributed by atoms with van der Waals surface area (Å²) in [7, 11) is 0. The zero-order chi connectivity index (χ0) is 13.1. The number of hydrogen-bond acceptors (Lipinski definition) is 2. The Balaban J connectivity index is 2.48. The van der Waals surface area contributed by atoms with E-state index in [-0.39, 0.29) is 17.8 Å². The first-order valence-electron chi connectivity index (χ1n) is 6.10. The van der Waals surface area contributed by atoms with Crippen LogP contribution in [0.2, 0.25) is 0 Å². The van der Waals surface area contributed by atoms with Gasteiger partial charge in [0.2, 0.25) is 0 Å². The Morgan fingerprint density at radius 2 is 2.06 bits per heavy atom. The molecule has 0 fully saturated rings. The van der Waals surface area contributed by atoms with Gasteiger partial charge < -0.3 is 5.11 Å². The minimum absolute atomic E-state index is 0.218. The normalized spacial score (nSPS) is 13.6. The summed E-state index contributed by atoms with van der Waals surface area (Å²) in [5.41, 5.74) is 0.218. The zero-order valence-corrected chi connectivity index (χ0v) is 11.9. The van der Waals surface area contributed by atoms with Crippen molar-refractivity contribution < 1.29 is 9.90 Å². The van der Waals surface area contributed by atoms with Gasteiger partial charge in [0.1, 0.15) is 0 Å². The Bertz CT molecular complexity index is 374. The molecule has 2 nitrogen and oxygen atoms in total. The monoisotopic (exact) mass is 254 g/mol. The fraction of sp³-hybridized carbons (Fsp3) is 0.643. The molecule has 1 atom stereocenters. The maximum absolute atomic E-state index is 10.6. The summed E-state index contributed by atoms with van der Waals surface area (Å²) in [4.78, 5) is 13.3. The van der Waals surface area contributed by atoms with Crippen molar-refractivity contribution in [2.75, 3.05) is 0 Å². The van der Waals surface area contributed by atoms with E-state index < -0.39 is 5.97 Å². The number of hydrogen-bond donors (Lipinski definition) is 1. The van der Waals surface area contributed by atoms with Crippen molar-refractivity contribution in [3.63, 3.8) is 0 Å². The first kappa shape index (κ1) is 14.2. The molecule has 1 aromatic heterocycles. The molecule has 0 saturated heterocycles. The molecule has 0 saturated carbocycles. The van der Waals surface area contributed by atoms with E-state index in [1.165, 1.54) is 9.75 Å². The van der Waals surface area contributed by atoms with Gasteiger partial charge in [0.05, 0.1) is 0 Å². The molecule has 0 bridgehead atoms. The van der Waals surface area contributed by atoms with Gasteiger partial charge in [-0.1, -0.05) is 27.7 Å². The summed E-state index contributed by atoms with van der Waals surface area (Å²) >= 11 is 1.85. The third-order valence-corrected chi connectivity index (χ3v) is 4.38. The minimum atomic E-state index is -0.695. The SMILES string of the molecule is CC(CCc1ccc(C(C)(C)C)s1)CC(=O)O. The van der Waals surface area contributed by atoms with Crippen molar-refractivity contribution in [3.8, 4) is 0 Å². The molecular formula is C14H22O2S. The number of rotatable bonds is 5. The smallest absolute Gasteiger partial charge is 0.303 e. The molecule has 0 amide bonds. The summed E-state index contributed by atoms with van der Waals surface area (Å²) in [6.07, 6.45) is 2.23. The number of carboxylic acids is 1. The molecule has 17 heavy (non-hydrogen) atoms. The van der Waals surface area contributed by atoms with Crippen LogP contribution in [-0.2, 0) is 16.6 Å². The molecule has 1 aromatic rings. The van der Waals surface area contributed by atoms with E-state index in [9.17, 15) is 4.79 Å².